The van der Waals surface area contributed by atoms with Crippen LogP contribution in [0.15, 0.2) is 47.7 Å². The lowest BCUT2D eigenvalue weighted by Gasteiger charge is -2.32. The van der Waals surface area contributed by atoms with Gasteiger partial charge >= 0.3 is 0 Å². The third-order valence-corrected chi connectivity index (χ3v) is 3.57. The average Bonchev–Trinajstić information content (AvgIpc) is 2.48. The summed E-state index contributed by atoms with van der Waals surface area (Å²) in [7, 11) is 1.93. The number of nitriles is 2. The molecule has 2 rings (SSSR count). The molecule has 4 heteroatoms. The second-order valence-corrected chi connectivity index (χ2v) is 5.22. The molecule has 0 saturated heterocycles. The van der Waals surface area contributed by atoms with Gasteiger partial charge in [-0.05, 0) is 36.6 Å². The van der Waals surface area contributed by atoms with Gasteiger partial charge in [0, 0.05) is 24.9 Å². The summed E-state index contributed by atoms with van der Waals surface area (Å²) in [6, 6.07) is 11.8. The maximum atomic E-state index is 9.77. The lowest BCUT2D eigenvalue weighted by molar-refractivity contribution is 0.178. The van der Waals surface area contributed by atoms with Gasteiger partial charge in [-0.2, -0.15) is 10.5 Å². The number of benzene rings is 1. The van der Waals surface area contributed by atoms with Crippen LogP contribution in [0.25, 0.3) is 0 Å². The minimum absolute atomic E-state index is 0.0194. The first-order chi connectivity index (χ1) is 10.1. The van der Waals surface area contributed by atoms with Crippen molar-refractivity contribution in [2.75, 3.05) is 11.9 Å². The molecule has 2 atom stereocenters. The van der Waals surface area contributed by atoms with E-state index in [9.17, 15) is 5.11 Å². The fourth-order valence-electron chi connectivity index (χ4n) is 2.66. The molecule has 1 aromatic rings. The number of nitrogens with zero attached hydrogens (tertiary/aromatic N) is 3. The normalized spacial score (nSPS) is 17.9. The third kappa shape index (κ3) is 3.13. The van der Waals surface area contributed by atoms with Crippen molar-refractivity contribution >= 4 is 5.69 Å². The number of rotatable bonds is 3. The van der Waals surface area contributed by atoms with Gasteiger partial charge in [0.15, 0.2) is 0 Å². The van der Waals surface area contributed by atoms with Gasteiger partial charge in [0.25, 0.3) is 0 Å². The van der Waals surface area contributed by atoms with Crippen molar-refractivity contribution in [2.45, 2.75) is 25.4 Å². The third-order valence-electron chi connectivity index (χ3n) is 3.57. The molecule has 1 aliphatic rings. The van der Waals surface area contributed by atoms with E-state index >= 15 is 0 Å². The Kier molecular flexibility index (Phi) is 4.42. The molecule has 0 radical (unpaired) electrons. The topological polar surface area (TPSA) is 71.0 Å². The van der Waals surface area contributed by atoms with Crippen LogP contribution in [0, 0.1) is 22.7 Å². The minimum Gasteiger partial charge on any atom is -0.393 e. The molecule has 1 aliphatic heterocycles. The Morgan fingerprint density at radius 1 is 1.38 bits per heavy atom. The van der Waals surface area contributed by atoms with Gasteiger partial charge in [0.2, 0.25) is 0 Å². The number of anilines is 1. The second-order valence-electron chi connectivity index (χ2n) is 5.22. The molecule has 0 amide bonds. The van der Waals surface area contributed by atoms with Gasteiger partial charge in [-0.25, -0.2) is 0 Å². The van der Waals surface area contributed by atoms with Gasteiger partial charge in [0.1, 0.15) is 17.7 Å². The molecule has 0 spiro atoms. The van der Waals surface area contributed by atoms with E-state index in [2.05, 4.69) is 0 Å². The number of hydrogen-bond donors (Lipinski definition) is 1. The van der Waals surface area contributed by atoms with E-state index in [1.54, 1.807) is 13.0 Å². The number of aliphatic hydroxyl groups excluding tert-OH is 1. The SMILES string of the molecule is CC(O)CC1C(C=C(C#N)C#N)=CN(C)c2ccccc21. The number of fused-ring (bicyclic) bond motifs is 1. The monoisotopic (exact) mass is 279 g/mol. The molecule has 0 aromatic heterocycles. The first kappa shape index (κ1) is 14.8. The predicted octanol–water partition coefficient (Wildman–Crippen LogP) is 2.85. The summed E-state index contributed by atoms with van der Waals surface area (Å²) in [5.41, 5.74) is 3.13. The van der Waals surface area contributed by atoms with Crippen LogP contribution in [-0.4, -0.2) is 18.3 Å². The summed E-state index contributed by atoms with van der Waals surface area (Å²) in [5.74, 6) is -0.0194. The average molecular weight is 279 g/mol. The Hall–Kier alpha value is -2.56. The summed E-state index contributed by atoms with van der Waals surface area (Å²) < 4.78 is 0. The van der Waals surface area contributed by atoms with Crippen LogP contribution in [0.3, 0.4) is 0 Å². The fourth-order valence-corrected chi connectivity index (χ4v) is 2.66. The zero-order chi connectivity index (χ0) is 15.4. The van der Waals surface area contributed by atoms with Crippen molar-refractivity contribution in [3.05, 3.63) is 53.3 Å². The van der Waals surface area contributed by atoms with Crippen LogP contribution < -0.4 is 4.90 Å². The van der Waals surface area contributed by atoms with Gasteiger partial charge in [-0.3, -0.25) is 0 Å². The molecular weight excluding hydrogens is 262 g/mol. The summed E-state index contributed by atoms with van der Waals surface area (Å²) >= 11 is 0. The van der Waals surface area contributed by atoms with Gasteiger partial charge in [0.05, 0.1) is 6.10 Å². The van der Waals surface area contributed by atoms with Crippen molar-refractivity contribution in [2.24, 2.45) is 0 Å². The van der Waals surface area contributed by atoms with Crippen LogP contribution in [0.5, 0.6) is 0 Å². The van der Waals surface area contributed by atoms with E-state index in [-0.39, 0.29) is 11.5 Å². The van der Waals surface area contributed by atoms with E-state index in [0.29, 0.717) is 6.42 Å². The molecule has 21 heavy (non-hydrogen) atoms. The summed E-state index contributed by atoms with van der Waals surface area (Å²) in [6.45, 7) is 1.75. The van der Waals surface area contributed by atoms with Crippen molar-refractivity contribution in [3.8, 4) is 12.1 Å². The van der Waals surface area contributed by atoms with E-state index in [1.807, 2.05) is 54.6 Å². The molecule has 1 N–H and O–H groups in total. The molecule has 4 nitrogen and oxygen atoms in total. The molecule has 1 aromatic carbocycles. The number of para-hydroxylation sites is 1. The largest absolute Gasteiger partial charge is 0.393 e. The van der Waals surface area contributed by atoms with Crippen LogP contribution in [-0.2, 0) is 0 Å². The first-order valence-electron chi connectivity index (χ1n) is 6.80. The Labute approximate surface area is 124 Å². The van der Waals surface area contributed by atoms with Crippen LogP contribution in [0.2, 0.25) is 0 Å². The number of aliphatic hydroxyl groups is 1. The molecular formula is C17H17N3O. The van der Waals surface area contributed by atoms with Gasteiger partial charge < -0.3 is 10.0 Å². The van der Waals surface area contributed by atoms with Crippen LogP contribution in [0.4, 0.5) is 5.69 Å². The van der Waals surface area contributed by atoms with E-state index in [4.69, 9.17) is 10.5 Å². The van der Waals surface area contributed by atoms with E-state index in [0.717, 1.165) is 16.8 Å². The first-order valence-corrected chi connectivity index (χ1v) is 6.80. The lowest BCUT2D eigenvalue weighted by Crippen LogP contribution is -2.22. The Balaban J connectivity index is 2.52. The molecule has 1 heterocycles. The van der Waals surface area contributed by atoms with Crippen molar-refractivity contribution in [3.63, 3.8) is 0 Å². The predicted molar refractivity (Wildman–Crippen MR) is 81.3 cm³/mol. The van der Waals surface area contributed by atoms with Crippen molar-refractivity contribution in [1.82, 2.24) is 0 Å². The lowest BCUT2D eigenvalue weighted by atomic mass is 9.83. The molecule has 0 bridgehead atoms. The minimum atomic E-state index is -0.462. The summed E-state index contributed by atoms with van der Waals surface area (Å²) in [4.78, 5) is 1.98. The van der Waals surface area contributed by atoms with Crippen LogP contribution >= 0.6 is 0 Å². The van der Waals surface area contributed by atoms with Gasteiger partial charge in [-0.1, -0.05) is 18.2 Å². The molecule has 106 valence electrons. The Morgan fingerprint density at radius 3 is 2.67 bits per heavy atom. The Morgan fingerprint density at radius 2 is 2.05 bits per heavy atom. The zero-order valence-electron chi connectivity index (χ0n) is 12.1. The maximum absolute atomic E-state index is 9.77. The standard InChI is InChI=1S/C17H17N3O/c1-12(21)7-16-14(8-13(9-18)10-19)11-20(2)17-6-4-3-5-15(16)17/h3-6,8,11-12,16,21H,7H2,1-2H3. The van der Waals surface area contributed by atoms with Crippen molar-refractivity contribution in [1.29, 1.82) is 10.5 Å². The van der Waals surface area contributed by atoms with Crippen LogP contribution in [0.1, 0.15) is 24.8 Å². The summed E-state index contributed by atoms with van der Waals surface area (Å²) in [5, 5.41) is 27.7. The van der Waals surface area contributed by atoms with Gasteiger partial charge in [-0.15, -0.1) is 0 Å². The molecule has 2 unspecified atom stereocenters. The number of hydrogen-bond acceptors (Lipinski definition) is 4. The quantitative estimate of drug-likeness (QED) is 0.864. The molecule has 0 fully saturated rings. The van der Waals surface area contributed by atoms with E-state index < -0.39 is 6.10 Å². The highest BCUT2D eigenvalue weighted by Gasteiger charge is 2.26. The van der Waals surface area contributed by atoms with Crippen molar-refractivity contribution < 1.29 is 5.11 Å². The highest BCUT2D eigenvalue weighted by Crippen LogP contribution is 2.40. The second kappa shape index (κ2) is 6.26. The molecule has 0 aliphatic carbocycles. The highest BCUT2D eigenvalue weighted by atomic mass is 16.3. The highest BCUT2D eigenvalue weighted by molar-refractivity contribution is 5.64. The van der Waals surface area contributed by atoms with E-state index in [1.165, 1.54) is 0 Å². The summed E-state index contributed by atoms with van der Waals surface area (Å²) in [6.07, 6.45) is 3.62. The molecule has 0 saturated carbocycles. The zero-order valence-corrected chi connectivity index (χ0v) is 12.1. The number of allylic oxidation sites excluding steroid dienone is 3. The smallest absolute Gasteiger partial charge is 0.130 e. The maximum Gasteiger partial charge on any atom is 0.130 e. The fraction of sp³-hybridized carbons (Fsp3) is 0.294. The Bertz CT molecular complexity index is 658.